The van der Waals surface area contributed by atoms with Gasteiger partial charge in [-0.25, -0.2) is 9.59 Å². The summed E-state index contributed by atoms with van der Waals surface area (Å²) in [5.41, 5.74) is 2.67. The smallest absolute Gasteiger partial charge is 0.343 e. The van der Waals surface area contributed by atoms with Crippen LogP contribution in [0.3, 0.4) is 0 Å². The minimum absolute atomic E-state index is 0.116. The van der Waals surface area contributed by atoms with Gasteiger partial charge in [0.05, 0.1) is 11.1 Å². The zero-order valence-electron chi connectivity index (χ0n) is 7.77. The molecule has 76 valence electrons. The molecule has 0 fully saturated rings. The fourth-order valence-electron chi connectivity index (χ4n) is 0.912. The predicted octanol–water partition coefficient (Wildman–Crippen LogP) is 1.84. The highest BCUT2D eigenvalue weighted by molar-refractivity contribution is 5.92. The number of benzene rings is 1. The van der Waals surface area contributed by atoms with E-state index >= 15 is 0 Å². The van der Waals surface area contributed by atoms with Gasteiger partial charge in [-0.05, 0) is 24.3 Å². The van der Waals surface area contributed by atoms with Crippen LogP contribution in [0.5, 0.6) is 0 Å². The average molecular weight is 204 g/mol. The highest BCUT2D eigenvalue weighted by atomic mass is 16.5. The number of hydrogen-bond acceptors (Lipinski definition) is 3. The maximum Gasteiger partial charge on any atom is 0.343 e. The topological polar surface area (TPSA) is 63.6 Å². The Kier molecular flexibility index (Phi) is 3.43. The molecule has 0 aliphatic carbocycles. The molecule has 0 saturated heterocycles. The third-order valence-corrected chi connectivity index (χ3v) is 1.62. The standard InChI is InChI=1S/C11H8O4/c1-2-7-15-11(14)9-5-3-8(4-6-9)10(12)13/h3-7H,1H2,(H,12,13). The number of carboxylic acids is 1. The molecule has 0 aromatic heterocycles. The molecule has 0 heterocycles. The molecular weight excluding hydrogens is 196 g/mol. The van der Waals surface area contributed by atoms with Crippen LogP contribution in [0.1, 0.15) is 20.7 Å². The molecule has 1 N–H and O–H groups in total. The lowest BCUT2D eigenvalue weighted by molar-refractivity contribution is 0.0658. The van der Waals surface area contributed by atoms with Crippen molar-refractivity contribution in [2.75, 3.05) is 0 Å². The second-order valence-corrected chi connectivity index (χ2v) is 2.61. The number of carbonyl (C=O) groups is 2. The number of carboxylic acid groups (broad SMARTS) is 1. The highest BCUT2D eigenvalue weighted by Gasteiger charge is 2.07. The van der Waals surface area contributed by atoms with Gasteiger partial charge in [-0.3, -0.25) is 0 Å². The molecule has 1 aromatic carbocycles. The van der Waals surface area contributed by atoms with Crippen molar-refractivity contribution < 1.29 is 19.4 Å². The molecule has 0 spiro atoms. The Balaban J connectivity index is 2.84. The molecule has 0 unspecified atom stereocenters. The largest absolute Gasteiger partial charge is 0.478 e. The number of esters is 1. The van der Waals surface area contributed by atoms with Crippen LogP contribution in [0.15, 0.2) is 42.8 Å². The number of carbonyl (C=O) groups excluding carboxylic acids is 1. The molecule has 0 amide bonds. The summed E-state index contributed by atoms with van der Waals surface area (Å²) in [5.74, 6) is -1.62. The van der Waals surface area contributed by atoms with Gasteiger partial charge in [0.15, 0.2) is 0 Å². The van der Waals surface area contributed by atoms with Gasteiger partial charge in [0.1, 0.15) is 6.26 Å². The van der Waals surface area contributed by atoms with Crippen molar-refractivity contribution >= 4 is 11.9 Å². The van der Waals surface area contributed by atoms with Crippen LogP contribution in [0.2, 0.25) is 0 Å². The lowest BCUT2D eigenvalue weighted by Crippen LogP contribution is -2.02. The van der Waals surface area contributed by atoms with E-state index in [1.165, 1.54) is 24.3 Å². The molecule has 0 aliphatic rings. The molecule has 1 rings (SSSR count). The van der Waals surface area contributed by atoms with E-state index in [0.717, 1.165) is 6.26 Å². The summed E-state index contributed by atoms with van der Waals surface area (Å²) in [6, 6.07) is 5.42. The Morgan fingerprint density at radius 1 is 1.27 bits per heavy atom. The lowest BCUT2D eigenvalue weighted by Gasteiger charge is -1.98. The number of rotatable bonds is 3. The van der Waals surface area contributed by atoms with E-state index in [0.29, 0.717) is 0 Å². The number of hydrogen-bond donors (Lipinski definition) is 1. The van der Waals surface area contributed by atoms with Crippen LogP contribution in [0.25, 0.3) is 0 Å². The average Bonchev–Trinajstić information content (AvgIpc) is 2.26. The SMILES string of the molecule is C=C=COC(=O)c1ccc(C(=O)O)cc1. The molecule has 0 bridgehead atoms. The second-order valence-electron chi connectivity index (χ2n) is 2.61. The van der Waals surface area contributed by atoms with Crippen molar-refractivity contribution in [3.63, 3.8) is 0 Å². The van der Waals surface area contributed by atoms with E-state index in [1.807, 2.05) is 0 Å². The van der Waals surface area contributed by atoms with Crippen LogP contribution in [0.4, 0.5) is 0 Å². The monoisotopic (exact) mass is 204 g/mol. The molecule has 1 aromatic rings. The van der Waals surface area contributed by atoms with Gasteiger partial charge in [-0.1, -0.05) is 12.3 Å². The molecule has 0 saturated carbocycles. The summed E-state index contributed by atoms with van der Waals surface area (Å²) in [4.78, 5) is 21.7. The van der Waals surface area contributed by atoms with E-state index in [4.69, 9.17) is 5.11 Å². The van der Waals surface area contributed by atoms with Gasteiger partial charge < -0.3 is 9.84 Å². The van der Waals surface area contributed by atoms with Crippen molar-refractivity contribution in [3.05, 3.63) is 54.0 Å². The molecule has 4 nitrogen and oxygen atoms in total. The number of aromatic carboxylic acids is 1. The van der Waals surface area contributed by atoms with Gasteiger partial charge >= 0.3 is 11.9 Å². The first-order valence-electron chi connectivity index (χ1n) is 4.04. The van der Waals surface area contributed by atoms with E-state index in [1.54, 1.807) is 0 Å². The Hall–Kier alpha value is -2.32. The summed E-state index contributed by atoms with van der Waals surface area (Å²) in [7, 11) is 0. The second kappa shape index (κ2) is 4.79. The van der Waals surface area contributed by atoms with Gasteiger partial charge in [0.25, 0.3) is 0 Å². The quantitative estimate of drug-likeness (QED) is 0.463. The van der Waals surface area contributed by atoms with Crippen molar-refractivity contribution in [2.24, 2.45) is 0 Å². The Bertz CT molecular complexity index is 424. The fraction of sp³-hybridized carbons (Fsp3) is 0. The Morgan fingerprint density at radius 3 is 2.27 bits per heavy atom. The van der Waals surface area contributed by atoms with Crippen molar-refractivity contribution in [3.8, 4) is 0 Å². The summed E-state index contributed by atoms with van der Waals surface area (Å²) >= 11 is 0. The van der Waals surface area contributed by atoms with Crippen LogP contribution in [-0.4, -0.2) is 17.0 Å². The third kappa shape index (κ3) is 2.83. The maximum absolute atomic E-state index is 11.2. The van der Waals surface area contributed by atoms with Crippen LogP contribution >= 0.6 is 0 Å². The molecular formula is C11H8O4. The first kappa shape index (κ1) is 10.8. The third-order valence-electron chi connectivity index (χ3n) is 1.62. The van der Waals surface area contributed by atoms with Gasteiger partial charge in [0, 0.05) is 0 Å². The summed E-state index contributed by atoms with van der Waals surface area (Å²) < 4.78 is 4.59. The van der Waals surface area contributed by atoms with E-state index in [9.17, 15) is 9.59 Å². The predicted molar refractivity (Wildman–Crippen MR) is 52.5 cm³/mol. The highest BCUT2D eigenvalue weighted by Crippen LogP contribution is 2.06. The molecule has 0 aliphatic heterocycles. The molecule has 4 heteroatoms. The van der Waals surface area contributed by atoms with Gasteiger partial charge in [-0.15, -0.1) is 0 Å². The summed E-state index contributed by atoms with van der Waals surface area (Å²) in [6.45, 7) is 3.23. The first-order chi connectivity index (χ1) is 7.15. The van der Waals surface area contributed by atoms with Crippen molar-refractivity contribution in [1.82, 2.24) is 0 Å². The van der Waals surface area contributed by atoms with E-state index < -0.39 is 11.9 Å². The summed E-state index contributed by atoms with van der Waals surface area (Å²) in [5, 5.41) is 8.62. The van der Waals surface area contributed by atoms with Crippen LogP contribution in [-0.2, 0) is 4.74 Å². The van der Waals surface area contributed by atoms with Gasteiger partial charge in [0.2, 0.25) is 0 Å². The van der Waals surface area contributed by atoms with Gasteiger partial charge in [-0.2, -0.15) is 0 Å². The van der Waals surface area contributed by atoms with Crippen molar-refractivity contribution in [2.45, 2.75) is 0 Å². The van der Waals surface area contributed by atoms with Crippen LogP contribution in [0, 0.1) is 0 Å². The summed E-state index contributed by atoms with van der Waals surface area (Å²) in [6.07, 6.45) is 1.04. The number of ether oxygens (including phenoxy) is 1. The minimum atomic E-state index is -1.04. The fourth-order valence-corrected chi connectivity index (χ4v) is 0.912. The zero-order chi connectivity index (χ0) is 11.3. The van der Waals surface area contributed by atoms with Crippen molar-refractivity contribution in [1.29, 1.82) is 0 Å². The maximum atomic E-state index is 11.2. The Morgan fingerprint density at radius 2 is 1.80 bits per heavy atom. The molecule has 15 heavy (non-hydrogen) atoms. The molecule has 0 radical (unpaired) electrons. The minimum Gasteiger partial charge on any atom is -0.478 e. The normalized spacial score (nSPS) is 8.80. The lowest BCUT2D eigenvalue weighted by atomic mass is 10.1. The van der Waals surface area contributed by atoms with Crippen LogP contribution < -0.4 is 0 Å². The zero-order valence-corrected chi connectivity index (χ0v) is 7.77. The Labute approximate surface area is 86.1 Å². The van der Waals surface area contributed by atoms with E-state index in [-0.39, 0.29) is 11.1 Å². The van der Waals surface area contributed by atoms with E-state index in [2.05, 4.69) is 17.0 Å². The molecule has 0 atom stereocenters. The first-order valence-corrected chi connectivity index (χ1v) is 4.04.